The smallest absolute Gasteiger partial charge is 0.306 e. The van der Waals surface area contributed by atoms with Crippen molar-refractivity contribution in [3.05, 3.63) is 39.7 Å². The van der Waals surface area contributed by atoms with E-state index in [1.54, 1.807) is 6.92 Å². The van der Waals surface area contributed by atoms with Gasteiger partial charge in [0.2, 0.25) is 0 Å². The Morgan fingerprint density at radius 1 is 1.37 bits per heavy atom. The number of aryl methyl sites for hydroxylation is 1. The van der Waals surface area contributed by atoms with Gasteiger partial charge >= 0.3 is 5.97 Å². The fourth-order valence-corrected chi connectivity index (χ4v) is 2.01. The topological polar surface area (TPSA) is 52.3 Å². The molecule has 0 aliphatic rings. The van der Waals surface area contributed by atoms with Crippen LogP contribution in [0.1, 0.15) is 19.1 Å². The van der Waals surface area contributed by atoms with Gasteiger partial charge in [0, 0.05) is 21.6 Å². The van der Waals surface area contributed by atoms with Gasteiger partial charge in [-0.1, -0.05) is 17.3 Å². The number of carbonyl (C=O) groups is 1. The number of rotatable bonds is 5. The van der Waals surface area contributed by atoms with E-state index in [0.717, 1.165) is 11.3 Å². The number of nitrogens with zero attached hydrogens (tertiary/aromatic N) is 1. The van der Waals surface area contributed by atoms with Gasteiger partial charge in [-0.3, -0.25) is 4.79 Å². The Hall–Kier alpha value is -1.37. The summed E-state index contributed by atoms with van der Waals surface area (Å²) < 4.78 is 11.3. The van der Waals surface area contributed by atoms with Crippen LogP contribution in [-0.2, 0) is 16.0 Å². The molecule has 0 aliphatic carbocycles. The van der Waals surface area contributed by atoms with Crippen LogP contribution in [0.4, 0.5) is 0 Å². The van der Waals surface area contributed by atoms with Gasteiger partial charge in [-0.25, -0.2) is 0 Å². The second kappa shape index (κ2) is 6.70. The third-order valence-electron chi connectivity index (χ3n) is 2.58. The van der Waals surface area contributed by atoms with Crippen molar-refractivity contribution in [2.45, 2.75) is 19.8 Å². The lowest BCUT2D eigenvalue weighted by molar-refractivity contribution is -0.143. The van der Waals surface area contributed by atoms with Crippen molar-refractivity contribution in [2.24, 2.45) is 0 Å². The summed E-state index contributed by atoms with van der Waals surface area (Å²) in [5.74, 6) is 0.483. The van der Waals surface area contributed by atoms with E-state index >= 15 is 0 Å². The van der Waals surface area contributed by atoms with Crippen molar-refractivity contribution in [1.29, 1.82) is 0 Å². The molecule has 0 saturated carbocycles. The molecule has 0 saturated heterocycles. The molecule has 0 spiro atoms. The Bertz CT molecular complexity index is 548. The molecule has 2 rings (SSSR count). The quantitative estimate of drug-likeness (QED) is 0.597. The van der Waals surface area contributed by atoms with E-state index in [0.29, 0.717) is 25.2 Å². The Morgan fingerprint density at radius 3 is 2.79 bits per heavy atom. The van der Waals surface area contributed by atoms with Gasteiger partial charge in [-0.2, -0.15) is 0 Å². The maximum Gasteiger partial charge on any atom is 0.306 e. The highest BCUT2D eigenvalue weighted by molar-refractivity contribution is 14.1. The largest absolute Gasteiger partial charge is 0.466 e. The van der Waals surface area contributed by atoms with Crippen molar-refractivity contribution < 1.29 is 14.1 Å². The van der Waals surface area contributed by atoms with Crippen LogP contribution >= 0.6 is 22.6 Å². The average Bonchev–Trinajstić information content (AvgIpc) is 2.86. The molecular formula is C14H14INO3. The number of aromatic nitrogens is 1. The Kier molecular flexibility index (Phi) is 4.95. The minimum Gasteiger partial charge on any atom is -0.466 e. The molecule has 0 bridgehead atoms. The number of hydrogen-bond acceptors (Lipinski definition) is 4. The number of esters is 1. The minimum absolute atomic E-state index is 0.213. The molecule has 2 aromatic rings. The summed E-state index contributed by atoms with van der Waals surface area (Å²) in [5, 5.41) is 4.01. The Balaban J connectivity index is 1.99. The second-order valence-electron chi connectivity index (χ2n) is 3.99. The molecule has 0 amide bonds. The maximum atomic E-state index is 11.2. The first-order valence-electron chi connectivity index (χ1n) is 6.06. The predicted octanol–water partition coefficient (Wildman–Crippen LogP) is 3.44. The van der Waals surface area contributed by atoms with E-state index in [1.165, 1.54) is 3.57 Å². The van der Waals surface area contributed by atoms with Crippen LogP contribution < -0.4 is 0 Å². The summed E-state index contributed by atoms with van der Waals surface area (Å²) >= 11 is 2.25. The zero-order chi connectivity index (χ0) is 13.7. The average molecular weight is 371 g/mol. The number of benzene rings is 1. The molecule has 4 nitrogen and oxygen atoms in total. The molecule has 5 heteroatoms. The van der Waals surface area contributed by atoms with E-state index in [4.69, 9.17) is 9.26 Å². The zero-order valence-corrected chi connectivity index (χ0v) is 12.7. The Morgan fingerprint density at radius 2 is 2.11 bits per heavy atom. The van der Waals surface area contributed by atoms with Crippen LogP contribution in [0.5, 0.6) is 0 Å². The fourth-order valence-electron chi connectivity index (χ4n) is 1.65. The molecule has 0 fully saturated rings. The van der Waals surface area contributed by atoms with Gasteiger partial charge in [-0.15, -0.1) is 0 Å². The van der Waals surface area contributed by atoms with Gasteiger partial charge in [0.15, 0.2) is 0 Å². The van der Waals surface area contributed by atoms with Crippen LogP contribution in [0, 0.1) is 3.57 Å². The monoisotopic (exact) mass is 371 g/mol. The first-order chi connectivity index (χ1) is 9.19. The standard InChI is InChI=1S/C14H14INO3/c1-2-18-14(17)8-7-12-9-13(16-19-12)10-3-5-11(15)6-4-10/h3-6,9H,2,7-8H2,1H3. The molecule has 0 aliphatic heterocycles. The van der Waals surface area contributed by atoms with Crippen LogP contribution in [0.25, 0.3) is 11.3 Å². The summed E-state index contributed by atoms with van der Waals surface area (Å²) in [6, 6.07) is 9.89. The van der Waals surface area contributed by atoms with Crippen LogP contribution in [0.15, 0.2) is 34.9 Å². The van der Waals surface area contributed by atoms with Crippen molar-refractivity contribution in [3.8, 4) is 11.3 Å². The number of carbonyl (C=O) groups excluding carboxylic acids is 1. The molecule has 1 aromatic heterocycles. The van der Waals surface area contributed by atoms with E-state index in [-0.39, 0.29) is 5.97 Å². The summed E-state index contributed by atoms with van der Waals surface area (Å²) in [4.78, 5) is 11.2. The maximum absolute atomic E-state index is 11.2. The molecule has 0 radical (unpaired) electrons. The first-order valence-corrected chi connectivity index (χ1v) is 7.14. The summed E-state index contributed by atoms with van der Waals surface area (Å²) in [7, 11) is 0. The van der Waals surface area contributed by atoms with E-state index in [9.17, 15) is 4.79 Å². The summed E-state index contributed by atoms with van der Waals surface area (Å²) in [6.45, 7) is 2.20. The third kappa shape index (κ3) is 4.05. The van der Waals surface area contributed by atoms with Gasteiger partial charge < -0.3 is 9.26 Å². The lowest BCUT2D eigenvalue weighted by Gasteiger charge is -1.98. The van der Waals surface area contributed by atoms with Gasteiger partial charge in [0.1, 0.15) is 11.5 Å². The number of ether oxygens (including phenoxy) is 1. The lowest BCUT2D eigenvalue weighted by atomic mass is 10.1. The summed E-state index contributed by atoms with van der Waals surface area (Å²) in [6.07, 6.45) is 0.825. The normalized spacial score (nSPS) is 10.4. The van der Waals surface area contributed by atoms with Gasteiger partial charge in [0.05, 0.1) is 13.0 Å². The summed E-state index contributed by atoms with van der Waals surface area (Å²) in [5.41, 5.74) is 1.79. The molecule has 1 aromatic carbocycles. The molecule has 100 valence electrons. The molecule has 19 heavy (non-hydrogen) atoms. The lowest BCUT2D eigenvalue weighted by Crippen LogP contribution is -2.04. The first kappa shape index (κ1) is 14.0. The van der Waals surface area contributed by atoms with Gasteiger partial charge in [-0.05, 0) is 41.6 Å². The zero-order valence-electron chi connectivity index (χ0n) is 10.6. The van der Waals surface area contributed by atoms with Crippen LogP contribution in [0.3, 0.4) is 0 Å². The third-order valence-corrected chi connectivity index (χ3v) is 3.30. The van der Waals surface area contributed by atoms with Crippen LogP contribution in [-0.4, -0.2) is 17.7 Å². The highest BCUT2D eigenvalue weighted by atomic mass is 127. The molecule has 1 heterocycles. The molecule has 0 unspecified atom stereocenters. The molecule has 0 N–H and O–H groups in total. The van der Waals surface area contributed by atoms with Crippen molar-refractivity contribution in [1.82, 2.24) is 5.16 Å². The van der Waals surface area contributed by atoms with E-state index < -0.39 is 0 Å². The highest BCUT2D eigenvalue weighted by Gasteiger charge is 2.09. The second-order valence-corrected chi connectivity index (χ2v) is 5.24. The SMILES string of the molecule is CCOC(=O)CCc1cc(-c2ccc(I)cc2)no1. The number of hydrogen-bond donors (Lipinski definition) is 0. The van der Waals surface area contributed by atoms with Crippen LogP contribution in [0.2, 0.25) is 0 Å². The Labute approximate surface area is 125 Å². The van der Waals surface area contributed by atoms with Crippen molar-refractivity contribution in [2.75, 3.05) is 6.61 Å². The number of halogens is 1. The predicted molar refractivity (Wildman–Crippen MR) is 79.6 cm³/mol. The van der Waals surface area contributed by atoms with Crippen molar-refractivity contribution >= 4 is 28.6 Å². The molecule has 0 atom stereocenters. The highest BCUT2D eigenvalue weighted by Crippen LogP contribution is 2.20. The van der Waals surface area contributed by atoms with Crippen molar-refractivity contribution in [3.63, 3.8) is 0 Å². The van der Waals surface area contributed by atoms with E-state index in [1.807, 2.05) is 30.3 Å². The molecular weight excluding hydrogens is 357 g/mol. The fraction of sp³-hybridized carbons (Fsp3) is 0.286. The van der Waals surface area contributed by atoms with Gasteiger partial charge in [0.25, 0.3) is 0 Å². The van der Waals surface area contributed by atoms with E-state index in [2.05, 4.69) is 27.7 Å². The minimum atomic E-state index is -0.213.